The van der Waals surface area contributed by atoms with E-state index in [0.29, 0.717) is 12.2 Å². The van der Waals surface area contributed by atoms with Gasteiger partial charge in [0.05, 0.1) is 0 Å². The van der Waals surface area contributed by atoms with Crippen molar-refractivity contribution in [2.24, 2.45) is 5.11 Å². The molecule has 1 unspecified atom stereocenters. The molecule has 0 bridgehead atoms. The molecule has 0 radical (unpaired) electrons. The van der Waals surface area contributed by atoms with Gasteiger partial charge in [0.1, 0.15) is 24.2 Å². The van der Waals surface area contributed by atoms with Crippen molar-refractivity contribution < 1.29 is 33.3 Å². The molecule has 1 saturated heterocycles. The fraction of sp³-hybridized carbons (Fsp3) is 0.688. The lowest BCUT2D eigenvalue weighted by Gasteiger charge is -2.43. The van der Waals surface area contributed by atoms with Crippen molar-refractivity contribution in [3.05, 3.63) is 10.4 Å². The topological polar surface area (TPSA) is 137 Å². The van der Waals surface area contributed by atoms with E-state index in [1.54, 1.807) is 0 Å². The van der Waals surface area contributed by atoms with E-state index < -0.39 is 47.7 Å². The third kappa shape index (κ3) is 7.38. The van der Waals surface area contributed by atoms with Crippen LogP contribution in [0, 0.1) is 12.3 Å². The Labute approximate surface area is 160 Å². The van der Waals surface area contributed by atoms with Gasteiger partial charge in [-0.25, -0.2) is 0 Å². The van der Waals surface area contributed by atoms with E-state index >= 15 is 0 Å². The lowest BCUT2D eigenvalue weighted by Crippen LogP contribution is -2.59. The molecule has 10 nitrogen and oxygen atoms in total. The standard InChI is InChI=1S/C16H21N3O7S/c1-5-6-7-27-16-13(18-19-17)15(25-11(4)22)14(24-10(3)21)12(26-16)8-23-9(2)20/h1,12-16H,6-8H2,2-4H3/t12-,13-,14-,15-,16?/m1/s1. The van der Waals surface area contributed by atoms with Crippen molar-refractivity contribution in [2.45, 2.75) is 57.0 Å². The second-order valence-electron chi connectivity index (χ2n) is 5.51. The number of carbonyl (C=O) groups is 3. The van der Waals surface area contributed by atoms with Crippen molar-refractivity contribution in [2.75, 3.05) is 12.4 Å². The zero-order valence-corrected chi connectivity index (χ0v) is 16.0. The second kappa shape index (κ2) is 11.3. The van der Waals surface area contributed by atoms with Gasteiger partial charge in [-0.3, -0.25) is 14.4 Å². The highest BCUT2D eigenvalue weighted by molar-refractivity contribution is 7.99. The molecule has 0 aromatic heterocycles. The van der Waals surface area contributed by atoms with Gasteiger partial charge in [0.25, 0.3) is 0 Å². The zero-order chi connectivity index (χ0) is 20.4. The molecule has 0 aromatic carbocycles. The summed E-state index contributed by atoms with van der Waals surface area (Å²) >= 11 is 1.26. The summed E-state index contributed by atoms with van der Waals surface area (Å²) in [6.07, 6.45) is 2.53. The first-order valence-electron chi connectivity index (χ1n) is 8.02. The van der Waals surface area contributed by atoms with E-state index in [9.17, 15) is 14.4 Å². The maximum atomic E-state index is 11.6. The molecule has 1 aliphatic heterocycles. The van der Waals surface area contributed by atoms with Crippen LogP contribution in [0.4, 0.5) is 0 Å². The summed E-state index contributed by atoms with van der Waals surface area (Å²) in [5.41, 5.74) is 8.17. The molecule has 0 saturated carbocycles. The van der Waals surface area contributed by atoms with Gasteiger partial charge in [0.2, 0.25) is 0 Å². The highest BCUT2D eigenvalue weighted by atomic mass is 32.2. The third-order valence-electron chi connectivity index (χ3n) is 3.38. The molecule has 5 atom stereocenters. The quantitative estimate of drug-likeness (QED) is 0.114. The number of hydrogen-bond donors (Lipinski definition) is 0. The summed E-state index contributed by atoms with van der Waals surface area (Å²) in [7, 11) is 0. The van der Waals surface area contributed by atoms with Gasteiger partial charge in [-0.1, -0.05) is 5.11 Å². The lowest BCUT2D eigenvalue weighted by atomic mass is 9.98. The minimum Gasteiger partial charge on any atom is -0.463 e. The molecule has 0 spiro atoms. The second-order valence-corrected chi connectivity index (χ2v) is 6.72. The average Bonchev–Trinajstić information content (AvgIpc) is 2.57. The van der Waals surface area contributed by atoms with Crippen molar-refractivity contribution in [3.63, 3.8) is 0 Å². The summed E-state index contributed by atoms with van der Waals surface area (Å²) in [5, 5.41) is 3.67. The molecule has 1 fully saturated rings. The van der Waals surface area contributed by atoms with E-state index in [4.69, 9.17) is 30.9 Å². The Bertz CT molecular complexity index is 644. The molecule has 148 valence electrons. The molecule has 0 amide bonds. The monoisotopic (exact) mass is 399 g/mol. The van der Waals surface area contributed by atoms with Gasteiger partial charge >= 0.3 is 17.9 Å². The first-order valence-corrected chi connectivity index (χ1v) is 9.07. The van der Waals surface area contributed by atoms with Crippen LogP contribution in [0.3, 0.4) is 0 Å². The Morgan fingerprint density at radius 1 is 1.19 bits per heavy atom. The van der Waals surface area contributed by atoms with E-state index in [1.165, 1.54) is 32.5 Å². The van der Waals surface area contributed by atoms with Gasteiger partial charge in [0.15, 0.2) is 12.2 Å². The minimum atomic E-state index is -1.12. The Kier molecular flexibility index (Phi) is 9.50. The van der Waals surface area contributed by atoms with E-state index in [-0.39, 0.29) is 6.61 Å². The van der Waals surface area contributed by atoms with E-state index in [2.05, 4.69) is 15.9 Å². The van der Waals surface area contributed by atoms with Crippen LogP contribution >= 0.6 is 11.8 Å². The van der Waals surface area contributed by atoms with Gasteiger partial charge in [-0.2, -0.15) is 0 Å². The van der Waals surface area contributed by atoms with Gasteiger partial charge in [-0.05, 0) is 5.53 Å². The fourth-order valence-corrected chi connectivity index (χ4v) is 3.54. The van der Waals surface area contributed by atoms with Gasteiger partial charge in [-0.15, -0.1) is 24.1 Å². The summed E-state index contributed by atoms with van der Waals surface area (Å²) < 4.78 is 21.4. The van der Waals surface area contributed by atoms with Crippen molar-refractivity contribution in [3.8, 4) is 12.3 Å². The molecule has 1 aliphatic rings. The normalized spacial score (nSPS) is 26.8. The molecule has 11 heteroatoms. The molecule has 0 aliphatic carbocycles. The number of nitrogens with zero attached hydrogens (tertiary/aromatic N) is 3. The number of terminal acetylenes is 1. The van der Waals surface area contributed by atoms with E-state index in [1.807, 2.05) is 0 Å². The smallest absolute Gasteiger partial charge is 0.303 e. The maximum absolute atomic E-state index is 11.6. The van der Waals surface area contributed by atoms with Crippen LogP contribution in [-0.4, -0.2) is 60.1 Å². The zero-order valence-electron chi connectivity index (χ0n) is 15.2. The summed E-state index contributed by atoms with van der Waals surface area (Å²) in [6.45, 7) is 3.33. The van der Waals surface area contributed by atoms with Crippen molar-refractivity contribution in [1.29, 1.82) is 0 Å². The first kappa shape index (κ1) is 22.6. The number of carbonyl (C=O) groups excluding carboxylic acids is 3. The van der Waals surface area contributed by atoms with Crippen LogP contribution in [0.2, 0.25) is 0 Å². The number of ether oxygens (including phenoxy) is 4. The van der Waals surface area contributed by atoms with Crippen LogP contribution in [0.15, 0.2) is 5.11 Å². The number of esters is 3. The highest BCUT2D eigenvalue weighted by Gasteiger charge is 2.50. The van der Waals surface area contributed by atoms with Crippen LogP contribution in [-0.2, 0) is 33.3 Å². The molecular weight excluding hydrogens is 378 g/mol. The number of thioether (sulfide) groups is 1. The third-order valence-corrected chi connectivity index (χ3v) is 4.54. The van der Waals surface area contributed by atoms with Gasteiger partial charge < -0.3 is 18.9 Å². The summed E-state index contributed by atoms with van der Waals surface area (Å²) in [4.78, 5) is 37.1. The Balaban J connectivity index is 3.21. The summed E-state index contributed by atoms with van der Waals surface area (Å²) in [6, 6.07) is -0.973. The van der Waals surface area contributed by atoms with Crippen LogP contribution in [0.1, 0.15) is 27.2 Å². The molecule has 0 aromatic rings. The molecule has 27 heavy (non-hydrogen) atoms. The molecular formula is C16H21N3O7S. The van der Waals surface area contributed by atoms with Crippen molar-refractivity contribution >= 4 is 29.7 Å². The number of azide groups is 1. The maximum Gasteiger partial charge on any atom is 0.303 e. The summed E-state index contributed by atoms with van der Waals surface area (Å²) in [5.74, 6) is 1.10. The number of rotatable bonds is 8. The molecule has 1 rings (SSSR count). The predicted molar refractivity (Wildman–Crippen MR) is 95.2 cm³/mol. The number of hydrogen-bond acceptors (Lipinski definition) is 9. The van der Waals surface area contributed by atoms with Crippen LogP contribution in [0.5, 0.6) is 0 Å². The first-order chi connectivity index (χ1) is 12.8. The minimum absolute atomic E-state index is 0.236. The highest BCUT2D eigenvalue weighted by Crippen LogP contribution is 2.34. The van der Waals surface area contributed by atoms with E-state index in [0.717, 1.165) is 0 Å². The SMILES string of the molecule is C#CCCSC1O[C@H](COC(C)=O)[C@@H](OC(C)=O)[C@H](OC(C)=O)[C@H]1N=[N+]=[N-]. The van der Waals surface area contributed by atoms with Crippen molar-refractivity contribution in [1.82, 2.24) is 0 Å². The fourth-order valence-electron chi connectivity index (χ4n) is 2.44. The predicted octanol–water partition coefficient (Wildman–Crippen LogP) is 1.57. The molecule has 0 N–H and O–H groups in total. The van der Waals surface area contributed by atoms with Gasteiger partial charge in [0, 0.05) is 37.9 Å². The van der Waals surface area contributed by atoms with Crippen LogP contribution < -0.4 is 0 Å². The molecule has 1 heterocycles. The average molecular weight is 399 g/mol. The Morgan fingerprint density at radius 3 is 2.33 bits per heavy atom. The van der Waals surface area contributed by atoms with Crippen LogP contribution in [0.25, 0.3) is 10.4 Å². The largest absolute Gasteiger partial charge is 0.463 e. The Morgan fingerprint density at radius 2 is 1.81 bits per heavy atom. The Hall–Kier alpha value is -2.41. The lowest BCUT2D eigenvalue weighted by molar-refractivity contribution is -0.208.